The molecule has 0 saturated heterocycles. The van der Waals surface area contributed by atoms with Crippen LogP contribution in [0.3, 0.4) is 0 Å². The Balaban J connectivity index is 2.18. The van der Waals surface area contributed by atoms with E-state index in [0.29, 0.717) is 12.3 Å². The average Bonchev–Trinajstić information content (AvgIpc) is 2.16. The van der Waals surface area contributed by atoms with Gasteiger partial charge in [-0.3, -0.25) is 0 Å². The lowest BCUT2D eigenvalue weighted by Crippen LogP contribution is -2.36. The molecule has 0 unspecified atom stereocenters. The van der Waals surface area contributed by atoms with Gasteiger partial charge in [0.2, 0.25) is 0 Å². The number of rotatable bonds is 4. The molecule has 86 valence electrons. The third kappa shape index (κ3) is 4.81. The Bertz CT molecular complexity index is 232. The topological polar surface area (TPSA) is 66.4 Å². The summed E-state index contributed by atoms with van der Waals surface area (Å²) >= 11 is 0. The highest BCUT2D eigenvalue weighted by Crippen LogP contribution is 2.27. The first-order valence-electron chi connectivity index (χ1n) is 5.57. The Labute approximate surface area is 90.0 Å². The number of ketones is 1. The zero-order valence-electron chi connectivity index (χ0n) is 9.16. The van der Waals surface area contributed by atoms with Gasteiger partial charge in [-0.05, 0) is 44.9 Å². The second-order valence-corrected chi connectivity index (χ2v) is 4.41. The van der Waals surface area contributed by atoms with Crippen molar-refractivity contribution in [3.8, 4) is 0 Å². The smallest absolute Gasteiger partial charge is 0.404 e. The molecule has 0 heterocycles. The molecule has 1 amide bonds. The lowest BCUT2D eigenvalue weighted by Gasteiger charge is -2.28. The highest BCUT2D eigenvalue weighted by Gasteiger charge is 2.22. The summed E-state index contributed by atoms with van der Waals surface area (Å²) in [5.74, 6) is 0.863. The fraction of sp³-hybridized carbons (Fsp3) is 0.818. The molecule has 1 aliphatic carbocycles. The van der Waals surface area contributed by atoms with Crippen molar-refractivity contribution < 1.29 is 14.7 Å². The Morgan fingerprint density at radius 3 is 2.33 bits per heavy atom. The van der Waals surface area contributed by atoms with Crippen molar-refractivity contribution >= 4 is 11.9 Å². The van der Waals surface area contributed by atoms with E-state index in [9.17, 15) is 9.59 Å². The van der Waals surface area contributed by atoms with E-state index >= 15 is 0 Å². The summed E-state index contributed by atoms with van der Waals surface area (Å²) in [5.41, 5.74) is 0. The van der Waals surface area contributed by atoms with Gasteiger partial charge in [-0.15, -0.1) is 0 Å². The predicted molar refractivity (Wildman–Crippen MR) is 56.8 cm³/mol. The molecule has 2 N–H and O–H groups in total. The summed E-state index contributed by atoms with van der Waals surface area (Å²) in [5, 5.41) is 11.1. The Morgan fingerprint density at radius 1 is 1.27 bits per heavy atom. The standard InChI is InChI=1S/C11H19NO3/c1-8(13)2-3-9-4-6-10(7-5-9)12-11(14)15/h9-10,12H,2-7H2,1H3,(H,14,15). The molecule has 0 aliphatic heterocycles. The van der Waals surface area contributed by atoms with E-state index in [4.69, 9.17) is 5.11 Å². The van der Waals surface area contributed by atoms with E-state index in [1.54, 1.807) is 6.92 Å². The van der Waals surface area contributed by atoms with Crippen LogP contribution in [-0.4, -0.2) is 23.0 Å². The van der Waals surface area contributed by atoms with Crippen LogP contribution < -0.4 is 5.32 Å². The molecule has 0 spiro atoms. The zero-order valence-corrected chi connectivity index (χ0v) is 9.16. The third-order valence-corrected chi connectivity index (χ3v) is 3.08. The van der Waals surface area contributed by atoms with Crippen molar-refractivity contribution in [1.29, 1.82) is 0 Å². The summed E-state index contributed by atoms with van der Waals surface area (Å²) in [7, 11) is 0. The number of hydrogen-bond acceptors (Lipinski definition) is 2. The first-order chi connectivity index (χ1) is 7.08. The number of hydrogen-bond donors (Lipinski definition) is 2. The van der Waals surface area contributed by atoms with E-state index in [2.05, 4.69) is 5.32 Å². The maximum Gasteiger partial charge on any atom is 0.404 e. The first-order valence-corrected chi connectivity index (χ1v) is 5.57. The second-order valence-electron chi connectivity index (χ2n) is 4.41. The van der Waals surface area contributed by atoms with Crippen LogP contribution in [0.15, 0.2) is 0 Å². The van der Waals surface area contributed by atoms with Crippen molar-refractivity contribution in [1.82, 2.24) is 5.32 Å². The molecule has 15 heavy (non-hydrogen) atoms. The van der Waals surface area contributed by atoms with Gasteiger partial charge in [0.1, 0.15) is 5.78 Å². The van der Waals surface area contributed by atoms with Crippen LogP contribution in [0.2, 0.25) is 0 Å². The largest absolute Gasteiger partial charge is 0.465 e. The highest BCUT2D eigenvalue weighted by molar-refractivity contribution is 5.75. The molecule has 1 saturated carbocycles. The fourth-order valence-corrected chi connectivity index (χ4v) is 2.18. The quantitative estimate of drug-likeness (QED) is 0.752. The molecule has 1 aliphatic rings. The lowest BCUT2D eigenvalue weighted by molar-refractivity contribution is -0.117. The third-order valence-electron chi connectivity index (χ3n) is 3.08. The first kappa shape index (κ1) is 12.0. The molecule has 0 aromatic rings. The van der Waals surface area contributed by atoms with Gasteiger partial charge in [0.05, 0.1) is 0 Å². The van der Waals surface area contributed by atoms with Gasteiger partial charge in [0.25, 0.3) is 0 Å². The number of nitrogens with one attached hydrogen (secondary N) is 1. The van der Waals surface area contributed by atoms with E-state index in [0.717, 1.165) is 32.1 Å². The molecule has 0 bridgehead atoms. The minimum Gasteiger partial charge on any atom is -0.465 e. The van der Waals surface area contributed by atoms with Gasteiger partial charge in [-0.1, -0.05) is 0 Å². The van der Waals surface area contributed by atoms with Crippen molar-refractivity contribution in [3.05, 3.63) is 0 Å². The maximum absolute atomic E-state index is 10.8. The molecule has 0 radical (unpaired) electrons. The van der Waals surface area contributed by atoms with Crippen LogP contribution in [0.1, 0.15) is 45.4 Å². The van der Waals surface area contributed by atoms with E-state index in [1.807, 2.05) is 0 Å². The van der Waals surface area contributed by atoms with Gasteiger partial charge in [-0.25, -0.2) is 4.79 Å². The zero-order chi connectivity index (χ0) is 11.3. The van der Waals surface area contributed by atoms with Crippen molar-refractivity contribution in [3.63, 3.8) is 0 Å². The monoisotopic (exact) mass is 213 g/mol. The molecule has 1 fully saturated rings. The van der Waals surface area contributed by atoms with Crippen molar-refractivity contribution in [2.45, 2.75) is 51.5 Å². The molecular weight excluding hydrogens is 194 g/mol. The van der Waals surface area contributed by atoms with Gasteiger partial charge >= 0.3 is 6.09 Å². The number of carbonyl (C=O) groups is 2. The Kier molecular flexibility index (Phi) is 4.59. The normalized spacial score (nSPS) is 25.9. The van der Waals surface area contributed by atoms with E-state index in [1.165, 1.54) is 0 Å². The number of carboxylic acid groups (broad SMARTS) is 1. The minimum absolute atomic E-state index is 0.121. The van der Waals surface area contributed by atoms with Gasteiger partial charge in [0.15, 0.2) is 0 Å². The summed E-state index contributed by atoms with van der Waals surface area (Å²) < 4.78 is 0. The summed E-state index contributed by atoms with van der Waals surface area (Å²) in [6.45, 7) is 1.62. The SMILES string of the molecule is CC(=O)CCC1CCC(NC(=O)O)CC1. The average molecular weight is 213 g/mol. The predicted octanol–water partition coefficient (Wildman–Crippen LogP) is 2.18. The molecule has 0 aromatic carbocycles. The second kappa shape index (κ2) is 5.73. The van der Waals surface area contributed by atoms with E-state index < -0.39 is 6.09 Å². The lowest BCUT2D eigenvalue weighted by atomic mass is 9.83. The molecule has 0 aromatic heterocycles. The highest BCUT2D eigenvalue weighted by atomic mass is 16.4. The summed E-state index contributed by atoms with van der Waals surface area (Å²) in [4.78, 5) is 21.2. The molecule has 4 nitrogen and oxygen atoms in total. The minimum atomic E-state index is -0.929. The number of Topliss-reactive ketones (excluding diaryl/α,β-unsaturated/α-hetero) is 1. The number of carbonyl (C=O) groups excluding carboxylic acids is 1. The molecule has 4 heteroatoms. The van der Waals surface area contributed by atoms with Gasteiger partial charge in [-0.2, -0.15) is 0 Å². The Hall–Kier alpha value is -1.06. The van der Waals surface area contributed by atoms with Gasteiger partial charge in [0, 0.05) is 12.5 Å². The summed E-state index contributed by atoms with van der Waals surface area (Å²) in [6, 6.07) is 0.121. The summed E-state index contributed by atoms with van der Waals surface area (Å²) in [6.07, 6.45) is 4.61. The van der Waals surface area contributed by atoms with Crippen LogP contribution in [-0.2, 0) is 4.79 Å². The Morgan fingerprint density at radius 2 is 1.87 bits per heavy atom. The molecule has 1 rings (SSSR count). The molecular formula is C11H19NO3. The molecule has 0 atom stereocenters. The van der Waals surface area contributed by atoms with Crippen molar-refractivity contribution in [2.24, 2.45) is 5.92 Å². The van der Waals surface area contributed by atoms with Crippen LogP contribution in [0.25, 0.3) is 0 Å². The van der Waals surface area contributed by atoms with Crippen LogP contribution in [0, 0.1) is 5.92 Å². The number of amides is 1. The van der Waals surface area contributed by atoms with E-state index in [-0.39, 0.29) is 11.8 Å². The van der Waals surface area contributed by atoms with Crippen LogP contribution in [0.4, 0.5) is 4.79 Å². The van der Waals surface area contributed by atoms with Crippen molar-refractivity contribution in [2.75, 3.05) is 0 Å². The maximum atomic E-state index is 10.8. The van der Waals surface area contributed by atoms with Crippen LogP contribution >= 0.6 is 0 Å². The van der Waals surface area contributed by atoms with Crippen LogP contribution in [0.5, 0.6) is 0 Å². The van der Waals surface area contributed by atoms with Gasteiger partial charge < -0.3 is 15.2 Å². The fourth-order valence-electron chi connectivity index (χ4n) is 2.18.